The van der Waals surface area contributed by atoms with Gasteiger partial charge in [0, 0.05) is 13.0 Å². The smallest absolute Gasteiger partial charge is 0.0970 e. The molecule has 1 saturated heterocycles. The van der Waals surface area contributed by atoms with Crippen LogP contribution in [0.3, 0.4) is 0 Å². The van der Waals surface area contributed by atoms with Gasteiger partial charge in [0.05, 0.1) is 11.9 Å². The van der Waals surface area contributed by atoms with Crippen LogP contribution < -0.4 is 5.32 Å². The molecular formula is C25H34N2. The molecule has 3 rings (SSSR count). The van der Waals surface area contributed by atoms with Gasteiger partial charge in [-0.15, -0.1) is 0 Å². The van der Waals surface area contributed by atoms with Crippen molar-refractivity contribution in [3.05, 3.63) is 71.8 Å². The zero-order valence-corrected chi connectivity index (χ0v) is 16.7. The predicted molar refractivity (Wildman–Crippen MR) is 116 cm³/mol. The van der Waals surface area contributed by atoms with E-state index in [-0.39, 0.29) is 6.04 Å². The Kier molecular flexibility index (Phi) is 7.95. The van der Waals surface area contributed by atoms with Crippen molar-refractivity contribution in [2.24, 2.45) is 4.99 Å². The van der Waals surface area contributed by atoms with Crippen LogP contribution in [0.1, 0.15) is 81.4 Å². The predicted octanol–water partition coefficient (Wildman–Crippen LogP) is 6.65. The van der Waals surface area contributed by atoms with Crippen LogP contribution in [0.25, 0.3) is 0 Å². The number of nitrogens with zero attached hydrogens (tertiary/aromatic N) is 1. The van der Waals surface area contributed by atoms with Gasteiger partial charge in [-0.1, -0.05) is 86.8 Å². The van der Waals surface area contributed by atoms with Gasteiger partial charge >= 0.3 is 0 Å². The fourth-order valence-corrected chi connectivity index (χ4v) is 4.04. The molecule has 27 heavy (non-hydrogen) atoms. The molecule has 0 aliphatic carbocycles. The van der Waals surface area contributed by atoms with Gasteiger partial charge in [0.2, 0.25) is 0 Å². The quantitative estimate of drug-likeness (QED) is 0.611. The summed E-state index contributed by atoms with van der Waals surface area (Å²) in [5.74, 6) is 1.76. The molecule has 0 spiro atoms. The second kappa shape index (κ2) is 10.9. The molecule has 0 bridgehead atoms. The highest BCUT2D eigenvalue weighted by molar-refractivity contribution is 5.82. The van der Waals surface area contributed by atoms with Crippen LogP contribution in [0.5, 0.6) is 0 Å². The second-order valence-electron chi connectivity index (χ2n) is 7.70. The maximum absolute atomic E-state index is 5.27. The Balaban J connectivity index is 1.83. The molecule has 0 radical (unpaired) electrons. The molecule has 1 aliphatic heterocycles. The first-order valence-electron chi connectivity index (χ1n) is 10.8. The molecule has 0 amide bonds. The van der Waals surface area contributed by atoms with Gasteiger partial charge in [0.25, 0.3) is 0 Å². The topological polar surface area (TPSA) is 24.4 Å². The first-order chi connectivity index (χ1) is 13.4. The number of aliphatic imine (C=N–C) groups is 1. The molecule has 2 unspecified atom stereocenters. The minimum absolute atomic E-state index is 0.222. The van der Waals surface area contributed by atoms with E-state index in [0.717, 1.165) is 25.8 Å². The second-order valence-corrected chi connectivity index (χ2v) is 7.70. The molecule has 2 aromatic rings. The van der Waals surface area contributed by atoms with E-state index in [1.165, 1.54) is 49.1 Å². The first kappa shape index (κ1) is 19.7. The Morgan fingerprint density at radius 2 is 1.44 bits per heavy atom. The molecule has 1 fully saturated rings. The van der Waals surface area contributed by atoms with Gasteiger partial charge in [0.1, 0.15) is 0 Å². The van der Waals surface area contributed by atoms with Crippen LogP contribution in [-0.2, 0) is 0 Å². The molecule has 2 atom stereocenters. The Labute approximate surface area is 165 Å². The third-order valence-electron chi connectivity index (χ3n) is 5.69. The zero-order chi connectivity index (χ0) is 18.7. The molecule has 1 heterocycles. The summed E-state index contributed by atoms with van der Waals surface area (Å²) < 4.78 is 0. The highest BCUT2D eigenvalue weighted by atomic mass is 15.0. The Morgan fingerprint density at radius 3 is 2.15 bits per heavy atom. The zero-order valence-electron chi connectivity index (χ0n) is 16.7. The number of nitrogens with one attached hydrogen (secondary N) is 1. The van der Waals surface area contributed by atoms with Gasteiger partial charge in [-0.3, -0.25) is 4.99 Å². The fraction of sp³-hybridized carbons (Fsp3) is 0.480. The molecule has 144 valence electrons. The number of amidine groups is 1. The third-order valence-corrected chi connectivity index (χ3v) is 5.69. The summed E-state index contributed by atoms with van der Waals surface area (Å²) in [4.78, 5) is 5.27. The van der Waals surface area contributed by atoms with Crippen molar-refractivity contribution in [2.45, 2.75) is 70.3 Å². The summed E-state index contributed by atoms with van der Waals surface area (Å²) in [6.07, 6.45) is 9.85. The van der Waals surface area contributed by atoms with E-state index in [4.69, 9.17) is 4.99 Å². The van der Waals surface area contributed by atoms with Crippen LogP contribution in [-0.4, -0.2) is 12.4 Å². The summed E-state index contributed by atoms with van der Waals surface area (Å²) >= 11 is 0. The van der Waals surface area contributed by atoms with Crippen LogP contribution >= 0.6 is 0 Å². The van der Waals surface area contributed by atoms with E-state index >= 15 is 0 Å². The molecule has 1 aliphatic rings. The minimum atomic E-state index is 0.222. The van der Waals surface area contributed by atoms with E-state index in [2.05, 4.69) is 72.9 Å². The summed E-state index contributed by atoms with van der Waals surface area (Å²) in [5, 5.41) is 3.64. The van der Waals surface area contributed by atoms with Gasteiger partial charge < -0.3 is 5.32 Å². The maximum atomic E-state index is 5.27. The molecule has 0 aromatic heterocycles. The van der Waals surface area contributed by atoms with Crippen molar-refractivity contribution < 1.29 is 0 Å². The summed E-state index contributed by atoms with van der Waals surface area (Å²) in [7, 11) is 0. The minimum Gasteiger partial charge on any atom is -0.374 e. The van der Waals surface area contributed by atoms with Crippen molar-refractivity contribution >= 4 is 5.84 Å². The summed E-state index contributed by atoms with van der Waals surface area (Å²) in [5.41, 5.74) is 2.77. The SMILES string of the molecule is CCC(CC(N=C1CCCCCCCN1)c1ccccc1)c1ccccc1. The average Bonchev–Trinajstić information content (AvgIpc) is 2.86. The van der Waals surface area contributed by atoms with Gasteiger partial charge in [-0.25, -0.2) is 0 Å². The van der Waals surface area contributed by atoms with Crippen LogP contribution in [0, 0.1) is 0 Å². The van der Waals surface area contributed by atoms with Crippen LogP contribution in [0.2, 0.25) is 0 Å². The fourth-order valence-electron chi connectivity index (χ4n) is 4.04. The lowest BCUT2D eigenvalue weighted by Gasteiger charge is -2.22. The summed E-state index contributed by atoms with van der Waals surface area (Å²) in [6.45, 7) is 3.36. The van der Waals surface area contributed by atoms with Crippen molar-refractivity contribution in [3.8, 4) is 0 Å². The Bertz CT molecular complexity index is 666. The standard InChI is InChI=1S/C25H34N2/c1-2-21(22-14-8-6-9-15-22)20-24(23-16-10-7-11-17-23)27-25-18-12-4-3-5-13-19-26-25/h6-11,14-17,21,24H,2-5,12-13,18-20H2,1H3,(H,26,27). The van der Waals surface area contributed by atoms with E-state index < -0.39 is 0 Å². The lowest BCUT2D eigenvalue weighted by molar-refractivity contribution is 0.529. The van der Waals surface area contributed by atoms with Crippen molar-refractivity contribution in [1.29, 1.82) is 0 Å². The lowest BCUT2D eigenvalue weighted by atomic mass is 9.87. The van der Waals surface area contributed by atoms with E-state index in [9.17, 15) is 0 Å². The third kappa shape index (κ3) is 6.23. The van der Waals surface area contributed by atoms with Gasteiger partial charge in [-0.05, 0) is 42.7 Å². The highest BCUT2D eigenvalue weighted by Gasteiger charge is 2.19. The monoisotopic (exact) mass is 362 g/mol. The van der Waals surface area contributed by atoms with Crippen molar-refractivity contribution in [1.82, 2.24) is 5.32 Å². The molecule has 1 N–H and O–H groups in total. The molecular weight excluding hydrogens is 328 g/mol. The van der Waals surface area contributed by atoms with Gasteiger partial charge in [0.15, 0.2) is 0 Å². The largest absolute Gasteiger partial charge is 0.374 e. The molecule has 0 saturated carbocycles. The molecule has 2 heteroatoms. The van der Waals surface area contributed by atoms with Crippen LogP contribution in [0.15, 0.2) is 65.7 Å². The van der Waals surface area contributed by atoms with E-state index in [1.54, 1.807) is 0 Å². The average molecular weight is 363 g/mol. The maximum Gasteiger partial charge on any atom is 0.0970 e. The number of rotatable bonds is 6. The highest BCUT2D eigenvalue weighted by Crippen LogP contribution is 2.33. The number of hydrogen-bond acceptors (Lipinski definition) is 1. The first-order valence-corrected chi connectivity index (χ1v) is 10.8. The summed E-state index contributed by atoms with van der Waals surface area (Å²) in [6, 6.07) is 22.0. The molecule has 2 nitrogen and oxygen atoms in total. The normalized spacial score (nSPS) is 19.4. The Hall–Kier alpha value is -2.09. The van der Waals surface area contributed by atoms with E-state index in [1.807, 2.05) is 0 Å². The van der Waals surface area contributed by atoms with Crippen molar-refractivity contribution in [2.75, 3.05) is 6.54 Å². The Morgan fingerprint density at radius 1 is 0.815 bits per heavy atom. The number of benzene rings is 2. The van der Waals surface area contributed by atoms with Crippen LogP contribution in [0.4, 0.5) is 0 Å². The lowest BCUT2D eigenvalue weighted by Crippen LogP contribution is -2.25. The van der Waals surface area contributed by atoms with Gasteiger partial charge in [-0.2, -0.15) is 0 Å². The van der Waals surface area contributed by atoms with Crippen molar-refractivity contribution in [3.63, 3.8) is 0 Å². The number of hydrogen-bond donors (Lipinski definition) is 1. The molecule has 2 aromatic carbocycles. The van der Waals surface area contributed by atoms with E-state index in [0.29, 0.717) is 5.92 Å².